The molecule has 1 heterocycles. The van der Waals surface area contributed by atoms with E-state index in [0.717, 1.165) is 29.3 Å². The molecule has 0 saturated carbocycles. The Balaban J connectivity index is 1.88. The molecule has 0 aliphatic carbocycles. The van der Waals surface area contributed by atoms with Crippen LogP contribution in [0.4, 0.5) is 0 Å². The molecule has 3 unspecified atom stereocenters. The third kappa shape index (κ3) is 4.10. The summed E-state index contributed by atoms with van der Waals surface area (Å²) >= 11 is 0. The number of aryl methyl sites for hydroxylation is 1. The van der Waals surface area contributed by atoms with Gasteiger partial charge in [0.15, 0.2) is 8.32 Å². The minimum atomic E-state index is -3.55. The first-order valence-corrected chi connectivity index (χ1v) is 14.1. The van der Waals surface area contributed by atoms with Crippen molar-refractivity contribution in [3.63, 3.8) is 0 Å². The summed E-state index contributed by atoms with van der Waals surface area (Å²) < 4.78 is 34.7. The molecule has 6 heteroatoms. The number of sulfonamides is 1. The van der Waals surface area contributed by atoms with E-state index < -0.39 is 18.3 Å². The van der Waals surface area contributed by atoms with Crippen molar-refractivity contribution in [2.24, 2.45) is 0 Å². The second-order valence-corrected chi connectivity index (χ2v) is 14.2. The van der Waals surface area contributed by atoms with Crippen molar-refractivity contribution in [3.8, 4) is 0 Å². The number of hydrogen-bond donors (Lipinski definition) is 0. The van der Waals surface area contributed by atoms with Crippen LogP contribution < -0.4 is 0 Å². The Morgan fingerprint density at radius 1 is 0.929 bits per heavy atom. The summed E-state index contributed by atoms with van der Waals surface area (Å²) in [7, 11) is -5.32. The van der Waals surface area contributed by atoms with Crippen molar-refractivity contribution in [3.05, 3.63) is 65.7 Å². The van der Waals surface area contributed by atoms with E-state index in [2.05, 4.69) is 20.8 Å². The van der Waals surface area contributed by atoms with Crippen molar-refractivity contribution in [2.75, 3.05) is 6.61 Å². The van der Waals surface area contributed by atoms with Gasteiger partial charge in [-0.2, -0.15) is 4.31 Å². The van der Waals surface area contributed by atoms with Crippen LogP contribution in [0.15, 0.2) is 59.5 Å². The first-order chi connectivity index (χ1) is 13.4. The summed E-state index contributed by atoms with van der Waals surface area (Å²) in [5.41, 5.74) is 2.08. The van der Waals surface area contributed by atoms with Crippen molar-refractivity contribution < 1.29 is 12.8 Å². The van der Waals surface area contributed by atoms with Gasteiger partial charge in [-0.1, -0.05) is 68.8 Å². The molecule has 152 valence electrons. The summed E-state index contributed by atoms with van der Waals surface area (Å²) in [6.07, 6.45) is 0. The van der Waals surface area contributed by atoms with E-state index in [1.165, 1.54) is 0 Å². The van der Waals surface area contributed by atoms with Crippen LogP contribution in [0.1, 0.15) is 37.9 Å². The molecular formula is C22H31NO3SSi. The summed E-state index contributed by atoms with van der Waals surface area (Å²) in [6.45, 7) is 9.03. The number of benzene rings is 2. The molecule has 0 N–H and O–H groups in total. The van der Waals surface area contributed by atoms with E-state index in [1.54, 1.807) is 16.4 Å². The standard InChI is InChI=1S/C22H31NO3SSi/c1-5-28(6-2,7-3)26-17-21-22(19-11-9-8-10-12-19)23(21)27(24,25)20-15-13-18(4)14-16-20/h8-16,21-22H,5-7,17H2,1-4H3. The van der Waals surface area contributed by atoms with Gasteiger partial charge in [0, 0.05) is 0 Å². The predicted molar refractivity (Wildman–Crippen MR) is 116 cm³/mol. The fourth-order valence-corrected chi connectivity index (χ4v) is 8.32. The van der Waals surface area contributed by atoms with Crippen LogP contribution in [0.2, 0.25) is 18.1 Å². The zero-order chi connectivity index (χ0) is 20.4. The predicted octanol–water partition coefficient (Wildman–Crippen LogP) is 5.13. The van der Waals surface area contributed by atoms with Crippen LogP contribution in [-0.4, -0.2) is 33.7 Å². The van der Waals surface area contributed by atoms with Gasteiger partial charge in [-0.25, -0.2) is 8.42 Å². The van der Waals surface area contributed by atoms with Gasteiger partial charge in [0.05, 0.1) is 23.6 Å². The Hall–Kier alpha value is -1.47. The molecule has 4 nitrogen and oxygen atoms in total. The lowest BCUT2D eigenvalue weighted by Crippen LogP contribution is -2.37. The molecule has 28 heavy (non-hydrogen) atoms. The van der Waals surface area contributed by atoms with E-state index in [1.807, 2.05) is 49.4 Å². The Labute approximate surface area is 170 Å². The van der Waals surface area contributed by atoms with E-state index in [0.29, 0.717) is 11.5 Å². The molecule has 2 aromatic carbocycles. The number of nitrogens with zero attached hydrogens (tertiary/aromatic N) is 1. The molecule has 0 radical (unpaired) electrons. The van der Waals surface area contributed by atoms with Crippen LogP contribution in [0, 0.1) is 6.92 Å². The number of rotatable bonds is 9. The SMILES string of the molecule is CC[Si](CC)(CC)OCC1C(c2ccccc2)N1S(=O)(=O)c1ccc(C)cc1. The van der Waals surface area contributed by atoms with E-state index in [-0.39, 0.29) is 12.1 Å². The van der Waals surface area contributed by atoms with Crippen molar-refractivity contribution >= 4 is 18.3 Å². The molecule has 0 aromatic heterocycles. The first kappa shape index (κ1) is 21.2. The van der Waals surface area contributed by atoms with Crippen LogP contribution in [0.5, 0.6) is 0 Å². The molecule has 1 aliphatic heterocycles. The Morgan fingerprint density at radius 3 is 2.04 bits per heavy atom. The van der Waals surface area contributed by atoms with Crippen LogP contribution >= 0.6 is 0 Å². The highest BCUT2D eigenvalue weighted by molar-refractivity contribution is 7.89. The number of hydrogen-bond acceptors (Lipinski definition) is 3. The largest absolute Gasteiger partial charge is 0.415 e. The molecule has 0 bridgehead atoms. The van der Waals surface area contributed by atoms with Gasteiger partial charge in [-0.3, -0.25) is 0 Å². The average Bonchev–Trinajstić information content (AvgIpc) is 3.46. The van der Waals surface area contributed by atoms with Gasteiger partial charge >= 0.3 is 0 Å². The maximum Gasteiger partial charge on any atom is 0.244 e. The van der Waals surface area contributed by atoms with Gasteiger partial charge in [0.25, 0.3) is 0 Å². The average molecular weight is 418 g/mol. The summed E-state index contributed by atoms with van der Waals surface area (Å²) in [4.78, 5) is 0.353. The lowest BCUT2D eigenvalue weighted by molar-refractivity contribution is 0.291. The molecule has 1 fully saturated rings. The van der Waals surface area contributed by atoms with Gasteiger partial charge < -0.3 is 4.43 Å². The van der Waals surface area contributed by atoms with Gasteiger partial charge in [0.2, 0.25) is 10.0 Å². The monoisotopic (exact) mass is 417 g/mol. The van der Waals surface area contributed by atoms with E-state index in [9.17, 15) is 8.42 Å². The lowest BCUT2D eigenvalue weighted by Gasteiger charge is -2.28. The molecule has 3 atom stereocenters. The normalized spacial score (nSPS) is 22.2. The van der Waals surface area contributed by atoms with Gasteiger partial charge in [-0.05, 0) is 42.8 Å². The third-order valence-electron chi connectivity index (χ3n) is 6.11. The highest BCUT2D eigenvalue weighted by atomic mass is 32.2. The van der Waals surface area contributed by atoms with Crippen LogP contribution in [0.25, 0.3) is 0 Å². The van der Waals surface area contributed by atoms with E-state index in [4.69, 9.17) is 4.43 Å². The highest BCUT2D eigenvalue weighted by Gasteiger charge is 2.56. The van der Waals surface area contributed by atoms with Crippen LogP contribution in [0.3, 0.4) is 0 Å². The topological polar surface area (TPSA) is 46.4 Å². The van der Waals surface area contributed by atoms with Crippen molar-refractivity contribution in [1.82, 2.24) is 4.31 Å². The summed E-state index contributed by atoms with van der Waals surface area (Å²) in [5.74, 6) is 0. The minimum Gasteiger partial charge on any atom is -0.415 e. The fraction of sp³-hybridized carbons (Fsp3) is 0.455. The molecule has 1 saturated heterocycles. The molecule has 3 rings (SSSR count). The maximum atomic E-state index is 13.3. The van der Waals surface area contributed by atoms with E-state index >= 15 is 0 Å². The molecule has 0 spiro atoms. The summed E-state index contributed by atoms with van der Waals surface area (Å²) in [5, 5.41) is 0. The zero-order valence-corrected chi connectivity index (χ0v) is 19.1. The fourth-order valence-electron chi connectivity index (χ4n) is 3.92. The second kappa shape index (κ2) is 8.49. The molecule has 0 amide bonds. The zero-order valence-electron chi connectivity index (χ0n) is 17.3. The Bertz CT molecular complexity index is 871. The highest BCUT2D eigenvalue weighted by Crippen LogP contribution is 2.48. The Kier molecular flexibility index (Phi) is 6.44. The summed E-state index contributed by atoms with van der Waals surface area (Å²) in [6, 6.07) is 19.9. The first-order valence-electron chi connectivity index (χ1n) is 10.2. The smallest absolute Gasteiger partial charge is 0.244 e. The van der Waals surface area contributed by atoms with Gasteiger partial charge in [0.1, 0.15) is 0 Å². The minimum absolute atomic E-state index is 0.134. The lowest BCUT2D eigenvalue weighted by atomic mass is 10.1. The van der Waals surface area contributed by atoms with Crippen molar-refractivity contribution in [2.45, 2.75) is 62.8 Å². The Morgan fingerprint density at radius 2 is 1.50 bits per heavy atom. The van der Waals surface area contributed by atoms with Gasteiger partial charge in [-0.15, -0.1) is 0 Å². The molecule has 2 aromatic rings. The van der Waals surface area contributed by atoms with Crippen molar-refractivity contribution in [1.29, 1.82) is 0 Å². The van der Waals surface area contributed by atoms with Crippen LogP contribution in [-0.2, 0) is 14.4 Å². The maximum absolute atomic E-state index is 13.3. The molecule has 1 aliphatic rings. The molecular weight excluding hydrogens is 386 g/mol. The second-order valence-electron chi connectivity index (χ2n) is 7.63. The third-order valence-corrected chi connectivity index (χ3v) is 12.7. The quantitative estimate of drug-likeness (QED) is 0.420.